The molecule has 0 bridgehead atoms. The molecule has 1 amide bonds. The number of aliphatic hydroxyl groups excluding tert-OH is 1. The van der Waals surface area contributed by atoms with Crippen LogP contribution in [0.1, 0.15) is 40.0 Å². The van der Waals surface area contributed by atoms with Crippen molar-refractivity contribution < 1.29 is 9.90 Å². The average Bonchev–Trinajstić information content (AvgIpc) is 2.30. The summed E-state index contributed by atoms with van der Waals surface area (Å²) in [4.78, 5) is 11.5. The number of nitrogens with one attached hydrogen (secondary N) is 1. The van der Waals surface area contributed by atoms with Gasteiger partial charge in [0.1, 0.15) is 0 Å². The second kappa shape index (κ2) is 6.80. The van der Waals surface area contributed by atoms with Crippen molar-refractivity contribution >= 4 is 5.91 Å². The number of hydrogen-bond acceptors (Lipinski definition) is 3. The van der Waals surface area contributed by atoms with E-state index in [9.17, 15) is 9.90 Å². The van der Waals surface area contributed by atoms with Crippen LogP contribution in [-0.2, 0) is 4.79 Å². The van der Waals surface area contributed by atoms with E-state index in [2.05, 4.69) is 5.32 Å². The lowest BCUT2D eigenvalue weighted by molar-refractivity contribution is -0.123. The molecule has 0 aliphatic rings. The minimum absolute atomic E-state index is 0.0989. The fourth-order valence-electron chi connectivity index (χ4n) is 1.37. The molecule has 0 unspecified atom stereocenters. The molecule has 0 aromatic heterocycles. The van der Waals surface area contributed by atoms with Crippen molar-refractivity contribution in [2.45, 2.75) is 46.1 Å². The maximum Gasteiger partial charge on any atom is 0.236 e. The van der Waals surface area contributed by atoms with E-state index in [-0.39, 0.29) is 17.9 Å². The Morgan fingerprint density at radius 3 is 2.27 bits per heavy atom. The van der Waals surface area contributed by atoms with Crippen molar-refractivity contribution in [3.05, 3.63) is 0 Å². The molecule has 0 aliphatic carbocycles. The molecule has 4 N–H and O–H groups in total. The molecule has 0 saturated heterocycles. The summed E-state index contributed by atoms with van der Waals surface area (Å²) in [5.74, 6) is -0.128. The minimum Gasteiger partial charge on any atom is -0.396 e. The zero-order chi connectivity index (χ0) is 11.9. The van der Waals surface area contributed by atoms with Crippen LogP contribution in [0.25, 0.3) is 0 Å². The zero-order valence-corrected chi connectivity index (χ0v) is 10.0. The van der Waals surface area contributed by atoms with Gasteiger partial charge in [0.05, 0.1) is 12.6 Å². The average molecular weight is 216 g/mol. The van der Waals surface area contributed by atoms with Crippen LogP contribution in [0.4, 0.5) is 0 Å². The summed E-state index contributed by atoms with van der Waals surface area (Å²) >= 11 is 0. The lowest BCUT2D eigenvalue weighted by atomic mass is 9.83. The summed E-state index contributed by atoms with van der Waals surface area (Å²) < 4.78 is 0. The monoisotopic (exact) mass is 216 g/mol. The molecule has 1 atom stereocenters. The van der Waals surface area contributed by atoms with Crippen LogP contribution in [0.5, 0.6) is 0 Å². The number of aliphatic hydroxyl groups is 1. The SMILES string of the molecule is CC[C@H](N)C(=O)NCC(CC)(CC)CO. The van der Waals surface area contributed by atoms with Crippen molar-refractivity contribution in [3.8, 4) is 0 Å². The van der Waals surface area contributed by atoms with Crippen molar-refractivity contribution in [1.82, 2.24) is 5.32 Å². The summed E-state index contributed by atoms with van der Waals surface area (Å²) in [5.41, 5.74) is 5.40. The van der Waals surface area contributed by atoms with E-state index in [1.165, 1.54) is 0 Å². The molecule has 0 heterocycles. The summed E-state index contributed by atoms with van der Waals surface area (Å²) in [7, 11) is 0. The zero-order valence-electron chi connectivity index (χ0n) is 10.0. The lowest BCUT2D eigenvalue weighted by Gasteiger charge is -2.29. The lowest BCUT2D eigenvalue weighted by Crippen LogP contribution is -2.46. The Balaban J connectivity index is 4.16. The van der Waals surface area contributed by atoms with Crippen LogP contribution in [0, 0.1) is 5.41 Å². The fourth-order valence-corrected chi connectivity index (χ4v) is 1.37. The summed E-state index contributed by atoms with van der Waals surface area (Å²) in [6.07, 6.45) is 2.33. The standard InChI is InChI=1S/C11H24N2O2/c1-4-9(12)10(15)13-7-11(5-2,6-3)8-14/h9,14H,4-8,12H2,1-3H3,(H,13,15)/t9-/m0/s1. The van der Waals surface area contributed by atoms with Gasteiger partial charge in [-0.3, -0.25) is 4.79 Å². The van der Waals surface area contributed by atoms with Crippen LogP contribution in [0.15, 0.2) is 0 Å². The third-order valence-corrected chi connectivity index (χ3v) is 3.25. The molecule has 15 heavy (non-hydrogen) atoms. The van der Waals surface area contributed by atoms with Gasteiger partial charge in [-0.25, -0.2) is 0 Å². The maximum atomic E-state index is 11.5. The molecule has 0 saturated carbocycles. The van der Waals surface area contributed by atoms with E-state index in [1.54, 1.807) is 0 Å². The Hall–Kier alpha value is -0.610. The molecule has 0 aromatic rings. The first-order valence-electron chi connectivity index (χ1n) is 5.69. The van der Waals surface area contributed by atoms with Crippen molar-refractivity contribution in [2.24, 2.45) is 11.1 Å². The first-order chi connectivity index (χ1) is 7.05. The Bertz CT molecular complexity index is 183. The van der Waals surface area contributed by atoms with Crippen LogP contribution < -0.4 is 11.1 Å². The fraction of sp³-hybridized carbons (Fsp3) is 0.909. The predicted octanol–water partition coefficient (Wildman–Crippen LogP) is 0.639. The van der Waals surface area contributed by atoms with Gasteiger partial charge >= 0.3 is 0 Å². The number of amides is 1. The minimum atomic E-state index is -0.435. The second-order valence-corrected chi connectivity index (χ2v) is 4.10. The molecule has 90 valence electrons. The Kier molecular flexibility index (Phi) is 6.52. The van der Waals surface area contributed by atoms with Gasteiger partial charge in [0.15, 0.2) is 0 Å². The van der Waals surface area contributed by atoms with Crippen LogP contribution in [0.3, 0.4) is 0 Å². The molecule has 0 spiro atoms. The Morgan fingerprint density at radius 1 is 1.40 bits per heavy atom. The summed E-state index contributed by atoms with van der Waals surface area (Å²) in [6, 6.07) is -0.435. The predicted molar refractivity (Wildman–Crippen MR) is 61.4 cm³/mol. The van der Waals surface area contributed by atoms with Gasteiger partial charge < -0.3 is 16.2 Å². The maximum absolute atomic E-state index is 11.5. The summed E-state index contributed by atoms with van der Waals surface area (Å²) in [5, 5.41) is 12.1. The molecule has 4 heteroatoms. The van der Waals surface area contributed by atoms with Crippen molar-refractivity contribution in [1.29, 1.82) is 0 Å². The molecule has 0 aliphatic heterocycles. The van der Waals surface area contributed by atoms with E-state index < -0.39 is 6.04 Å². The third kappa shape index (κ3) is 4.18. The highest BCUT2D eigenvalue weighted by atomic mass is 16.3. The molecule has 0 aromatic carbocycles. The highest BCUT2D eigenvalue weighted by Crippen LogP contribution is 2.24. The van der Waals surface area contributed by atoms with E-state index in [1.807, 2.05) is 20.8 Å². The summed E-state index contributed by atoms with van der Waals surface area (Å²) in [6.45, 7) is 6.52. The van der Waals surface area contributed by atoms with Crippen molar-refractivity contribution in [3.63, 3.8) is 0 Å². The number of carbonyl (C=O) groups excluding carboxylic acids is 1. The van der Waals surface area contributed by atoms with E-state index in [4.69, 9.17) is 5.73 Å². The van der Waals surface area contributed by atoms with Crippen LogP contribution in [-0.4, -0.2) is 30.2 Å². The molecular formula is C11H24N2O2. The molecule has 0 rings (SSSR count). The smallest absolute Gasteiger partial charge is 0.236 e. The quantitative estimate of drug-likeness (QED) is 0.584. The van der Waals surface area contributed by atoms with E-state index in [0.717, 1.165) is 12.8 Å². The van der Waals surface area contributed by atoms with Gasteiger partial charge in [-0.1, -0.05) is 20.8 Å². The molecular weight excluding hydrogens is 192 g/mol. The number of hydrogen-bond donors (Lipinski definition) is 3. The Morgan fingerprint density at radius 2 is 1.93 bits per heavy atom. The van der Waals surface area contributed by atoms with E-state index >= 15 is 0 Å². The van der Waals surface area contributed by atoms with Crippen LogP contribution >= 0.6 is 0 Å². The van der Waals surface area contributed by atoms with Gasteiger partial charge in [-0.2, -0.15) is 0 Å². The largest absolute Gasteiger partial charge is 0.396 e. The van der Waals surface area contributed by atoms with Gasteiger partial charge in [-0.05, 0) is 19.3 Å². The first kappa shape index (κ1) is 14.4. The normalized spacial score (nSPS) is 13.7. The third-order valence-electron chi connectivity index (χ3n) is 3.25. The van der Waals surface area contributed by atoms with Crippen molar-refractivity contribution in [2.75, 3.05) is 13.2 Å². The van der Waals surface area contributed by atoms with Gasteiger partial charge in [-0.15, -0.1) is 0 Å². The molecule has 0 fully saturated rings. The number of carbonyl (C=O) groups is 1. The second-order valence-electron chi connectivity index (χ2n) is 4.10. The van der Waals surface area contributed by atoms with E-state index in [0.29, 0.717) is 13.0 Å². The highest BCUT2D eigenvalue weighted by molar-refractivity contribution is 5.81. The topological polar surface area (TPSA) is 75.4 Å². The Labute approximate surface area is 92.2 Å². The van der Waals surface area contributed by atoms with Crippen LogP contribution in [0.2, 0.25) is 0 Å². The molecule has 4 nitrogen and oxygen atoms in total. The van der Waals surface area contributed by atoms with Gasteiger partial charge in [0, 0.05) is 12.0 Å². The number of rotatable bonds is 7. The molecule has 0 radical (unpaired) electrons. The number of nitrogens with two attached hydrogens (primary N) is 1. The highest BCUT2D eigenvalue weighted by Gasteiger charge is 2.26. The van der Waals surface area contributed by atoms with Gasteiger partial charge in [0.25, 0.3) is 0 Å². The van der Waals surface area contributed by atoms with Gasteiger partial charge in [0.2, 0.25) is 5.91 Å². The first-order valence-corrected chi connectivity index (χ1v) is 5.69.